The van der Waals surface area contributed by atoms with Gasteiger partial charge < -0.3 is 15.2 Å². The Kier molecular flexibility index (Phi) is 5.63. The third-order valence-corrected chi connectivity index (χ3v) is 3.27. The first-order chi connectivity index (χ1) is 8.76. The summed E-state index contributed by atoms with van der Waals surface area (Å²) in [4.78, 5) is 22.2. The van der Waals surface area contributed by atoms with E-state index in [2.05, 4.69) is 5.32 Å². The number of hydrogen-bond donors (Lipinski definition) is 2. The Labute approximate surface area is 114 Å². The van der Waals surface area contributed by atoms with E-state index in [4.69, 9.17) is 9.84 Å². The molecule has 0 aromatic carbocycles. The zero-order valence-corrected chi connectivity index (χ0v) is 12.1. The molecule has 110 valence electrons. The van der Waals surface area contributed by atoms with Crippen molar-refractivity contribution in [2.75, 3.05) is 0 Å². The van der Waals surface area contributed by atoms with Crippen molar-refractivity contribution in [2.45, 2.75) is 70.9 Å². The van der Waals surface area contributed by atoms with Gasteiger partial charge in [-0.05, 0) is 46.0 Å². The highest BCUT2D eigenvalue weighted by molar-refractivity contribution is 5.68. The summed E-state index contributed by atoms with van der Waals surface area (Å²) in [5.41, 5.74) is -0.485. The fourth-order valence-electron chi connectivity index (χ4n) is 2.49. The number of alkyl carbamates (subject to hydrolysis) is 1. The molecule has 5 heteroatoms. The maximum Gasteiger partial charge on any atom is 0.407 e. The number of hydrogen-bond acceptors (Lipinski definition) is 3. The molecule has 1 amide bonds. The van der Waals surface area contributed by atoms with Crippen LogP contribution in [-0.4, -0.2) is 28.8 Å². The topological polar surface area (TPSA) is 75.6 Å². The number of aliphatic carboxylic acids is 1. The van der Waals surface area contributed by atoms with E-state index in [9.17, 15) is 9.59 Å². The van der Waals surface area contributed by atoms with Gasteiger partial charge in [-0.25, -0.2) is 4.79 Å². The predicted octanol–water partition coefficient (Wildman–Crippen LogP) is 2.93. The van der Waals surface area contributed by atoms with Crippen LogP contribution in [0.15, 0.2) is 0 Å². The molecule has 0 spiro atoms. The fourth-order valence-corrected chi connectivity index (χ4v) is 2.49. The normalized spacial score (nSPS) is 23.7. The number of carbonyl (C=O) groups is 2. The standard InChI is InChI=1S/C14H25NO4/c1-14(2,3)19-13(18)15-11-6-4-5-10(9-11)7-8-12(16)17/h10-11H,4-9H2,1-3H3,(H,15,18)(H,16,17)/t10-,11+/m0/s1. The second-order valence-corrected chi connectivity index (χ2v) is 6.31. The first-order valence-electron chi connectivity index (χ1n) is 6.97. The lowest BCUT2D eigenvalue weighted by atomic mass is 9.83. The van der Waals surface area contributed by atoms with E-state index in [1.54, 1.807) is 0 Å². The van der Waals surface area contributed by atoms with Crippen molar-refractivity contribution < 1.29 is 19.4 Å². The number of ether oxygens (including phenoxy) is 1. The molecule has 0 aromatic heterocycles. The van der Waals surface area contributed by atoms with Crippen LogP contribution in [-0.2, 0) is 9.53 Å². The van der Waals surface area contributed by atoms with Gasteiger partial charge in [0, 0.05) is 12.5 Å². The molecule has 0 radical (unpaired) electrons. The van der Waals surface area contributed by atoms with Crippen molar-refractivity contribution in [3.8, 4) is 0 Å². The van der Waals surface area contributed by atoms with Crippen molar-refractivity contribution in [3.05, 3.63) is 0 Å². The Morgan fingerprint density at radius 1 is 1.32 bits per heavy atom. The fraction of sp³-hybridized carbons (Fsp3) is 0.857. The van der Waals surface area contributed by atoms with Gasteiger partial charge in [0.05, 0.1) is 0 Å². The SMILES string of the molecule is CC(C)(C)OC(=O)N[C@@H]1CCC[C@@H](CCC(=O)O)C1. The summed E-state index contributed by atoms with van der Waals surface area (Å²) < 4.78 is 5.23. The molecule has 0 aliphatic heterocycles. The van der Waals surface area contributed by atoms with E-state index in [1.165, 1.54) is 0 Å². The Morgan fingerprint density at radius 3 is 2.58 bits per heavy atom. The Morgan fingerprint density at radius 2 is 2.00 bits per heavy atom. The third kappa shape index (κ3) is 7.03. The average Bonchev–Trinajstić information content (AvgIpc) is 2.24. The van der Waals surface area contributed by atoms with Crippen LogP contribution in [0.1, 0.15) is 59.3 Å². The predicted molar refractivity (Wildman–Crippen MR) is 72.0 cm³/mol. The molecule has 19 heavy (non-hydrogen) atoms. The third-order valence-electron chi connectivity index (χ3n) is 3.27. The number of rotatable bonds is 4. The molecule has 0 aromatic rings. The molecule has 1 aliphatic rings. The number of nitrogens with one attached hydrogen (secondary N) is 1. The van der Waals surface area contributed by atoms with Crippen molar-refractivity contribution in [3.63, 3.8) is 0 Å². The van der Waals surface area contributed by atoms with Crippen LogP contribution in [0.25, 0.3) is 0 Å². The highest BCUT2D eigenvalue weighted by Gasteiger charge is 2.25. The highest BCUT2D eigenvalue weighted by atomic mass is 16.6. The van der Waals surface area contributed by atoms with Crippen molar-refractivity contribution >= 4 is 12.1 Å². The summed E-state index contributed by atoms with van der Waals surface area (Å²) in [7, 11) is 0. The van der Waals surface area contributed by atoms with Gasteiger partial charge in [-0.1, -0.05) is 12.8 Å². The summed E-state index contributed by atoms with van der Waals surface area (Å²) in [6.45, 7) is 5.51. The molecule has 0 heterocycles. The van der Waals surface area contributed by atoms with Crippen LogP contribution in [0, 0.1) is 5.92 Å². The van der Waals surface area contributed by atoms with E-state index in [1.807, 2.05) is 20.8 Å². The van der Waals surface area contributed by atoms with Gasteiger partial charge in [0.25, 0.3) is 0 Å². The van der Waals surface area contributed by atoms with E-state index in [0.717, 1.165) is 25.7 Å². The van der Waals surface area contributed by atoms with E-state index >= 15 is 0 Å². The maximum absolute atomic E-state index is 11.7. The summed E-state index contributed by atoms with van der Waals surface area (Å²) in [5, 5.41) is 11.6. The highest BCUT2D eigenvalue weighted by Crippen LogP contribution is 2.28. The second-order valence-electron chi connectivity index (χ2n) is 6.31. The largest absolute Gasteiger partial charge is 0.481 e. The van der Waals surface area contributed by atoms with Crippen LogP contribution in [0.2, 0.25) is 0 Å². The van der Waals surface area contributed by atoms with E-state index < -0.39 is 11.6 Å². The average molecular weight is 271 g/mol. The lowest BCUT2D eigenvalue weighted by Gasteiger charge is -2.30. The van der Waals surface area contributed by atoms with Gasteiger partial charge >= 0.3 is 12.1 Å². The first kappa shape index (κ1) is 15.8. The zero-order chi connectivity index (χ0) is 14.5. The smallest absolute Gasteiger partial charge is 0.407 e. The summed E-state index contributed by atoms with van der Waals surface area (Å²) in [6.07, 6.45) is 4.42. The minimum absolute atomic E-state index is 0.113. The Hall–Kier alpha value is -1.26. The molecular weight excluding hydrogens is 246 g/mol. The maximum atomic E-state index is 11.7. The van der Waals surface area contributed by atoms with Gasteiger partial charge in [-0.15, -0.1) is 0 Å². The minimum Gasteiger partial charge on any atom is -0.481 e. The first-order valence-corrected chi connectivity index (χ1v) is 6.97. The molecule has 0 unspecified atom stereocenters. The Balaban J connectivity index is 2.34. The number of carboxylic acids is 1. The van der Waals surface area contributed by atoms with E-state index in [0.29, 0.717) is 12.3 Å². The summed E-state index contributed by atoms with van der Waals surface area (Å²) in [6, 6.07) is 0.113. The van der Waals surface area contributed by atoms with Crippen molar-refractivity contribution in [1.82, 2.24) is 5.32 Å². The molecule has 0 bridgehead atoms. The van der Waals surface area contributed by atoms with Crippen molar-refractivity contribution in [2.24, 2.45) is 5.92 Å². The van der Waals surface area contributed by atoms with E-state index in [-0.39, 0.29) is 18.6 Å². The van der Waals surface area contributed by atoms with Crippen LogP contribution < -0.4 is 5.32 Å². The lowest BCUT2D eigenvalue weighted by Crippen LogP contribution is -2.41. The molecule has 2 atom stereocenters. The van der Waals surface area contributed by atoms with Crippen LogP contribution >= 0.6 is 0 Å². The zero-order valence-electron chi connectivity index (χ0n) is 12.1. The van der Waals surface area contributed by atoms with Crippen LogP contribution in [0.4, 0.5) is 4.79 Å². The molecule has 2 N–H and O–H groups in total. The molecule has 1 aliphatic carbocycles. The van der Waals surface area contributed by atoms with Gasteiger partial charge in [-0.2, -0.15) is 0 Å². The van der Waals surface area contributed by atoms with Crippen LogP contribution in [0.3, 0.4) is 0 Å². The second kappa shape index (κ2) is 6.78. The van der Waals surface area contributed by atoms with Gasteiger partial charge in [0.1, 0.15) is 5.60 Å². The number of amides is 1. The summed E-state index contributed by atoms with van der Waals surface area (Å²) >= 11 is 0. The molecule has 0 saturated heterocycles. The Bertz CT molecular complexity index is 322. The molecule has 5 nitrogen and oxygen atoms in total. The van der Waals surface area contributed by atoms with Gasteiger partial charge in [-0.3, -0.25) is 4.79 Å². The van der Waals surface area contributed by atoms with Gasteiger partial charge in [0.15, 0.2) is 0 Å². The molecule has 1 fully saturated rings. The van der Waals surface area contributed by atoms with Gasteiger partial charge in [0.2, 0.25) is 0 Å². The van der Waals surface area contributed by atoms with Crippen LogP contribution in [0.5, 0.6) is 0 Å². The number of carboxylic acid groups (broad SMARTS) is 1. The number of carbonyl (C=O) groups excluding carboxylic acids is 1. The summed E-state index contributed by atoms with van der Waals surface area (Å²) in [5.74, 6) is -0.355. The molecule has 1 saturated carbocycles. The quantitative estimate of drug-likeness (QED) is 0.824. The molecule has 1 rings (SSSR count). The molecular formula is C14H25NO4. The lowest BCUT2D eigenvalue weighted by molar-refractivity contribution is -0.137. The monoisotopic (exact) mass is 271 g/mol. The van der Waals surface area contributed by atoms with Crippen molar-refractivity contribution in [1.29, 1.82) is 0 Å². The minimum atomic E-state index is -0.748.